The highest BCUT2D eigenvalue weighted by atomic mass is 19.4. The van der Waals surface area contributed by atoms with E-state index in [4.69, 9.17) is 14.7 Å². The number of carbonyl (C=O) groups excluding carboxylic acids is 2. The number of aromatic amines is 2. The largest absolute Gasteiger partial charge is 0.469 e. The monoisotopic (exact) mass is 690 g/mol. The Morgan fingerprint density at radius 3 is 2.29 bits per heavy atom. The number of ketones is 1. The number of hydrogen-bond donors (Lipinski definition) is 3. The van der Waals surface area contributed by atoms with Crippen LogP contribution in [-0.4, -0.2) is 63.8 Å². The van der Waals surface area contributed by atoms with Crippen LogP contribution < -0.4 is 10.7 Å². The van der Waals surface area contributed by atoms with Crippen molar-refractivity contribution >= 4 is 41.4 Å². The standard InChI is InChI=1S/C35H36F6N4O4/c1-7-18-14(2)21-13-26-30(33(48,34(36,37)38)35(39,40)41)17(5)24(43-26)11-22-15(3)19(8-9-28(47)49-6)31(44-22)20-10-27(46)29-16(4)23(45-32(20)29)12-25(18)42-21/h11-13,15,19-20,32,42-43,48H,7-10H2,1-6H3/b21-13-,22-11-,25-12-/t15-,19-,20?,32?/m0/s1. The molecule has 8 nitrogen and oxygen atoms in total. The van der Waals surface area contributed by atoms with Gasteiger partial charge >= 0.3 is 18.3 Å². The zero-order valence-electron chi connectivity index (χ0n) is 27.7. The van der Waals surface area contributed by atoms with Crippen molar-refractivity contribution < 1.29 is 45.8 Å². The fraction of sp³-hybridized carbons (Fsp3) is 0.486. The third-order valence-corrected chi connectivity index (χ3v) is 10.6. The number of allylic oxidation sites excluding steroid dienone is 2. The van der Waals surface area contributed by atoms with E-state index < -0.39 is 64.5 Å². The van der Waals surface area contributed by atoms with Gasteiger partial charge in [-0.3, -0.25) is 19.6 Å². The smallest absolute Gasteiger partial charge is 0.430 e. The van der Waals surface area contributed by atoms with Crippen LogP contribution in [0.2, 0.25) is 0 Å². The quantitative estimate of drug-likeness (QED) is 0.296. The lowest BCUT2D eigenvalue weighted by Crippen LogP contribution is -2.54. The van der Waals surface area contributed by atoms with E-state index in [1.165, 1.54) is 13.2 Å². The van der Waals surface area contributed by atoms with E-state index in [9.17, 15) is 41.0 Å². The number of methoxy groups -OCH3 is 1. The van der Waals surface area contributed by atoms with Gasteiger partial charge in [0.05, 0.1) is 18.9 Å². The molecule has 6 rings (SSSR count). The molecule has 14 heteroatoms. The first-order valence-electron chi connectivity index (χ1n) is 16.0. The Bertz CT molecular complexity index is 2010. The highest BCUT2D eigenvalue weighted by Crippen LogP contribution is 2.53. The zero-order valence-corrected chi connectivity index (χ0v) is 27.7. The summed E-state index contributed by atoms with van der Waals surface area (Å²) in [6.45, 7) is 8.26. The average molecular weight is 691 g/mol. The van der Waals surface area contributed by atoms with E-state index in [1.807, 2.05) is 6.92 Å². The Labute approximate surface area is 277 Å². The summed E-state index contributed by atoms with van der Waals surface area (Å²) in [5, 5.41) is 11.5. The first kappa shape index (κ1) is 34.7. The second-order valence-electron chi connectivity index (χ2n) is 13.2. The second-order valence-corrected chi connectivity index (χ2v) is 13.2. The van der Waals surface area contributed by atoms with Crippen LogP contribution in [0.5, 0.6) is 0 Å². The molecule has 2 aromatic rings. The van der Waals surface area contributed by atoms with E-state index in [2.05, 4.69) is 9.97 Å². The van der Waals surface area contributed by atoms with Crippen molar-refractivity contribution in [1.29, 1.82) is 0 Å². The predicted octanol–water partition coefficient (Wildman–Crippen LogP) is 5.19. The number of Topliss-reactive ketones (excluding diaryl/α,β-unsaturated/α-hetero) is 1. The fourth-order valence-electron chi connectivity index (χ4n) is 7.89. The summed E-state index contributed by atoms with van der Waals surface area (Å²) < 4.78 is 91.3. The van der Waals surface area contributed by atoms with Crippen LogP contribution in [-0.2, 0) is 26.3 Å². The number of alkyl halides is 6. The van der Waals surface area contributed by atoms with Crippen molar-refractivity contribution in [3.05, 3.63) is 61.2 Å². The Balaban J connectivity index is 1.69. The molecule has 5 heterocycles. The molecule has 0 aromatic carbocycles. The number of nitrogens with one attached hydrogen (secondary N) is 2. The number of nitrogens with zero attached hydrogens (tertiary/aromatic N) is 2. The molecular weight excluding hydrogens is 654 g/mol. The number of halogens is 6. The van der Waals surface area contributed by atoms with Gasteiger partial charge in [-0.2, -0.15) is 26.3 Å². The molecule has 3 aliphatic heterocycles. The van der Waals surface area contributed by atoms with E-state index >= 15 is 0 Å². The van der Waals surface area contributed by atoms with E-state index in [1.54, 1.807) is 26.8 Å². The highest BCUT2D eigenvalue weighted by Gasteiger charge is 2.72. The maximum absolute atomic E-state index is 14.4. The Morgan fingerprint density at radius 2 is 1.67 bits per heavy atom. The van der Waals surface area contributed by atoms with Gasteiger partial charge in [-0.25, -0.2) is 0 Å². The minimum atomic E-state index is -6.12. The number of fused-ring (bicyclic) bond motifs is 6. The van der Waals surface area contributed by atoms with Crippen LogP contribution in [0.25, 0.3) is 18.2 Å². The summed E-state index contributed by atoms with van der Waals surface area (Å²) in [6.07, 6.45) is -7.09. The summed E-state index contributed by atoms with van der Waals surface area (Å²) in [7, 11) is 1.26. The summed E-state index contributed by atoms with van der Waals surface area (Å²) in [5.74, 6) is -1.86. The van der Waals surface area contributed by atoms with Crippen molar-refractivity contribution in [2.75, 3.05) is 7.11 Å². The number of H-pyrrole nitrogens is 2. The summed E-state index contributed by atoms with van der Waals surface area (Å²) in [6, 6.07) is -0.538. The van der Waals surface area contributed by atoms with Crippen molar-refractivity contribution in [2.24, 2.45) is 27.7 Å². The molecule has 49 heavy (non-hydrogen) atoms. The Hall–Kier alpha value is -4.20. The van der Waals surface area contributed by atoms with Crippen LogP contribution >= 0.6 is 0 Å². The van der Waals surface area contributed by atoms with Crippen molar-refractivity contribution in [2.45, 2.75) is 84.3 Å². The molecule has 0 spiro atoms. The maximum Gasteiger partial charge on any atom is 0.430 e. The molecule has 3 N–H and O–H groups in total. The van der Waals surface area contributed by atoms with Crippen LogP contribution in [0.4, 0.5) is 26.3 Å². The first-order chi connectivity index (χ1) is 22.8. The van der Waals surface area contributed by atoms with Gasteiger partial charge in [0, 0.05) is 75.2 Å². The first-order valence-corrected chi connectivity index (χ1v) is 16.0. The molecule has 0 amide bonds. The number of esters is 1. The summed E-state index contributed by atoms with van der Waals surface area (Å²) in [4.78, 5) is 41.4. The SMILES string of the molecule is CCc1c(C)/c2[nH]/c1=C\C1=NC3C(=C1C)C(=O)CC3C1=N/C(=C\c3[nH]c(c(C(O)(C(F)(F)F)C(F)(F)F)c3C)\C=2)[C@@H](C)[C@@H]1CCC(=O)OC. The van der Waals surface area contributed by atoms with Crippen molar-refractivity contribution in [3.63, 3.8) is 0 Å². The maximum atomic E-state index is 14.4. The zero-order chi connectivity index (χ0) is 36.0. The molecule has 1 aliphatic carbocycles. The minimum Gasteiger partial charge on any atom is -0.469 e. The molecule has 8 bridgehead atoms. The molecule has 1 saturated carbocycles. The van der Waals surface area contributed by atoms with Crippen LogP contribution in [0, 0.1) is 31.6 Å². The van der Waals surface area contributed by atoms with Gasteiger partial charge in [-0.15, -0.1) is 0 Å². The lowest BCUT2D eigenvalue weighted by atomic mass is 9.80. The molecular formula is C35H36F6N4O4. The van der Waals surface area contributed by atoms with Crippen molar-refractivity contribution in [1.82, 2.24) is 9.97 Å². The van der Waals surface area contributed by atoms with E-state index in [0.717, 1.165) is 18.6 Å². The minimum absolute atomic E-state index is 0.0240. The van der Waals surface area contributed by atoms with E-state index in [0.29, 0.717) is 45.6 Å². The Morgan fingerprint density at radius 1 is 1.00 bits per heavy atom. The van der Waals surface area contributed by atoms with Crippen LogP contribution in [0.3, 0.4) is 0 Å². The lowest BCUT2D eigenvalue weighted by Gasteiger charge is -2.33. The average Bonchev–Trinajstić information content (AvgIpc) is 3.77. The number of aromatic nitrogens is 2. The molecule has 1 fully saturated rings. The van der Waals surface area contributed by atoms with Gasteiger partial charge in [0.15, 0.2) is 5.78 Å². The molecule has 2 aromatic heterocycles. The third-order valence-electron chi connectivity index (χ3n) is 10.6. The molecule has 262 valence electrons. The third kappa shape index (κ3) is 5.24. The number of rotatable bonds is 5. The van der Waals surface area contributed by atoms with Gasteiger partial charge in [0.1, 0.15) is 0 Å². The van der Waals surface area contributed by atoms with E-state index in [-0.39, 0.29) is 36.1 Å². The molecule has 0 radical (unpaired) electrons. The number of hydrogen-bond acceptors (Lipinski definition) is 6. The number of aliphatic imine (C=N–C) groups is 2. The molecule has 0 saturated heterocycles. The predicted molar refractivity (Wildman–Crippen MR) is 170 cm³/mol. The van der Waals surface area contributed by atoms with Gasteiger partial charge < -0.3 is 19.8 Å². The number of carbonyl (C=O) groups is 2. The second kappa shape index (κ2) is 11.7. The fourth-order valence-corrected chi connectivity index (χ4v) is 7.89. The number of aliphatic hydroxyl groups is 1. The van der Waals surface area contributed by atoms with Crippen LogP contribution in [0.15, 0.2) is 26.8 Å². The van der Waals surface area contributed by atoms with Crippen molar-refractivity contribution in [3.8, 4) is 0 Å². The normalized spacial score (nSPS) is 26.1. The van der Waals surface area contributed by atoms with Gasteiger partial charge in [0.25, 0.3) is 5.60 Å². The Kier molecular flexibility index (Phi) is 8.28. The summed E-state index contributed by atoms with van der Waals surface area (Å²) in [5.41, 5.74) is -3.65. The molecule has 2 unspecified atom stereocenters. The number of ether oxygens (including phenoxy) is 1. The van der Waals surface area contributed by atoms with Gasteiger partial charge in [-0.1, -0.05) is 13.8 Å². The lowest BCUT2D eigenvalue weighted by molar-refractivity contribution is -0.376. The molecule has 4 atom stereocenters. The van der Waals surface area contributed by atoms with Crippen LogP contribution in [0.1, 0.15) is 73.7 Å². The topological polar surface area (TPSA) is 120 Å². The highest BCUT2D eigenvalue weighted by molar-refractivity contribution is 6.27. The van der Waals surface area contributed by atoms with Gasteiger partial charge in [0.2, 0.25) is 0 Å². The summed E-state index contributed by atoms with van der Waals surface area (Å²) >= 11 is 0. The van der Waals surface area contributed by atoms with Gasteiger partial charge in [-0.05, 0) is 74.1 Å². The molecule has 4 aliphatic rings.